The first-order chi connectivity index (χ1) is 20.4. The third-order valence-electron chi connectivity index (χ3n) is 6.97. The van der Waals surface area contributed by atoms with Gasteiger partial charge in [0.05, 0.1) is 24.7 Å². The molecule has 44 heavy (non-hydrogen) atoms. The molecule has 0 saturated carbocycles. The Kier molecular flexibility index (Phi) is 9.62. The number of carbonyl (C=O) groups excluding carboxylic acids is 3. The van der Waals surface area contributed by atoms with E-state index >= 15 is 0 Å². The lowest BCUT2D eigenvalue weighted by Crippen LogP contribution is -2.47. The molecule has 5 unspecified atom stereocenters. The van der Waals surface area contributed by atoms with Crippen molar-refractivity contribution in [3.63, 3.8) is 0 Å². The van der Waals surface area contributed by atoms with Crippen molar-refractivity contribution in [1.82, 2.24) is 25.2 Å². The number of ether oxygens (including phenoxy) is 5. The van der Waals surface area contributed by atoms with E-state index in [1.165, 1.54) is 25.2 Å². The van der Waals surface area contributed by atoms with Crippen LogP contribution < -0.4 is 11.1 Å². The molecule has 4 rings (SSSR count). The van der Waals surface area contributed by atoms with Crippen LogP contribution in [0.4, 0.5) is 15.4 Å². The van der Waals surface area contributed by atoms with Crippen LogP contribution in [0.1, 0.15) is 73.4 Å². The van der Waals surface area contributed by atoms with E-state index < -0.39 is 65.5 Å². The molecule has 2 saturated heterocycles. The lowest BCUT2D eigenvalue weighted by molar-refractivity contribution is -0.166. The summed E-state index contributed by atoms with van der Waals surface area (Å²) in [5.41, 5.74) is 6.47. The van der Waals surface area contributed by atoms with E-state index in [2.05, 4.69) is 20.3 Å². The Labute approximate surface area is 261 Å². The van der Waals surface area contributed by atoms with Crippen LogP contribution in [-0.2, 0) is 28.5 Å². The van der Waals surface area contributed by atoms with Crippen LogP contribution in [0.3, 0.4) is 0 Å². The number of rotatable bonds is 8. The number of thioether (sulfide) groups is 1. The molecular formula is C29H44N6O8S. The molecule has 244 valence electrons. The number of hydrogen-bond donors (Lipinski definition) is 3. The lowest BCUT2D eigenvalue weighted by atomic mass is 10.0. The van der Waals surface area contributed by atoms with E-state index in [1.54, 1.807) is 52.6 Å². The van der Waals surface area contributed by atoms with Gasteiger partial charge in [0.1, 0.15) is 41.3 Å². The summed E-state index contributed by atoms with van der Waals surface area (Å²) >= 11 is 1.50. The van der Waals surface area contributed by atoms with Crippen molar-refractivity contribution in [1.29, 1.82) is 0 Å². The summed E-state index contributed by atoms with van der Waals surface area (Å²) in [5.74, 6) is -0.309. The van der Waals surface area contributed by atoms with Gasteiger partial charge in [-0.05, 0) is 67.6 Å². The van der Waals surface area contributed by atoms with E-state index in [9.17, 15) is 14.4 Å². The zero-order valence-electron chi connectivity index (χ0n) is 26.8. The van der Waals surface area contributed by atoms with Crippen molar-refractivity contribution in [3.8, 4) is 0 Å². The maximum atomic E-state index is 13.9. The van der Waals surface area contributed by atoms with Gasteiger partial charge >= 0.3 is 18.2 Å². The van der Waals surface area contributed by atoms with Gasteiger partial charge in [-0.3, -0.25) is 4.90 Å². The molecule has 2 amide bonds. The fourth-order valence-electron chi connectivity index (χ4n) is 5.40. The number of esters is 1. The Hall–Kier alpha value is -3.30. The number of carbonyl (C=O) groups is 3. The molecule has 4 heterocycles. The average molecular weight is 637 g/mol. The Morgan fingerprint density at radius 2 is 1.77 bits per heavy atom. The predicted octanol–water partition coefficient (Wildman–Crippen LogP) is 3.91. The summed E-state index contributed by atoms with van der Waals surface area (Å²) in [4.78, 5) is 52.0. The summed E-state index contributed by atoms with van der Waals surface area (Å²) in [5, 5.41) is 2.60. The van der Waals surface area contributed by atoms with Gasteiger partial charge in [-0.25, -0.2) is 24.4 Å². The van der Waals surface area contributed by atoms with Crippen LogP contribution in [0, 0.1) is 0 Å². The number of nitrogens with one attached hydrogen (secondary N) is 2. The Morgan fingerprint density at radius 1 is 1.11 bits per heavy atom. The zero-order valence-corrected chi connectivity index (χ0v) is 27.6. The fourth-order valence-corrected chi connectivity index (χ4v) is 6.56. The topological polar surface area (TPSA) is 180 Å². The molecule has 0 aliphatic carbocycles. The number of likely N-dealkylation sites (tertiary alicyclic amines) is 1. The number of fused-ring (bicyclic) bond motifs is 2. The number of nitrogen functional groups attached to an aromatic ring is 1. The van der Waals surface area contributed by atoms with Gasteiger partial charge in [0.25, 0.3) is 0 Å². The number of methoxy groups -OCH3 is 1. The normalized spacial score (nSPS) is 23.7. The number of nitrogens with two attached hydrogens (primary N) is 1. The van der Waals surface area contributed by atoms with Gasteiger partial charge < -0.3 is 39.7 Å². The van der Waals surface area contributed by atoms with E-state index in [0.717, 1.165) is 0 Å². The summed E-state index contributed by atoms with van der Waals surface area (Å²) in [6.45, 7) is 14.3. The zero-order chi connectivity index (χ0) is 32.6. The number of nitrogens with zero attached hydrogens (tertiary/aromatic N) is 3. The van der Waals surface area contributed by atoms with Crippen molar-refractivity contribution >= 4 is 46.8 Å². The first-order valence-electron chi connectivity index (χ1n) is 14.5. The highest BCUT2D eigenvalue weighted by molar-refractivity contribution is 7.99. The molecular weight excluding hydrogens is 592 g/mol. The quantitative estimate of drug-likeness (QED) is 0.216. The van der Waals surface area contributed by atoms with Crippen LogP contribution in [0.15, 0.2) is 12.5 Å². The minimum absolute atomic E-state index is 0.273. The molecule has 0 radical (unpaired) electrons. The lowest BCUT2D eigenvalue weighted by Gasteiger charge is -2.35. The first kappa shape index (κ1) is 33.6. The fraction of sp³-hybridized carbons (Fsp3) is 0.690. The molecule has 0 spiro atoms. The van der Waals surface area contributed by atoms with Crippen LogP contribution in [0.25, 0.3) is 11.0 Å². The second-order valence-corrected chi connectivity index (χ2v) is 14.4. The van der Waals surface area contributed by atoms with Gasteiger partial charge in [0, 0.05) is 17.5 Å². The number of alkyl carbamates (subject to hydrolysis) is 1. The summed E-state index contributed by atoms with van der Waals surface area (Å²) in [6.07, 6.45) is 1.16. The Balaban J connectivity index is 1.59. The van der Waals surface area contributed by atoms with Crippen molar-refractivity contribution in [2.24, 2.45) is 0 Å². The predicted molar refractivity (Wildman–Crippen MR) is 164 cm³/mol. The number of hydrogen-bond acceptors (Lipinski definition) is 12. The van der Waals surface area contributed by atoms with E-state index in [-0.39, 0.29) is 12.2 Å². The van der Waals surface area contributed by atoms with E-state index in [1.807, 2.05) is 13.8 Å². The summed E-state index contributed by atoms with van der Waals surface area (Å²) in [7, 11) is 1.26. The molecule has 2 aromatic heterocycles. The molecule has 15 heteroatoms. The van der Waals surface area contributed by atoms with Crippen molar-refractivity contribution in [2.75, 3.05) is 24.3 Å². The highest BCUT2D eigenvalue weighted by Crippen LogP contribution is 2.49. The van der Waals surface area contributed by atoms with Gasteiger partial charge in [-0.15, -0.1) is 0 Å². The molecule has 2 aromatic rings. The van der Waals surface area contributed by atoms with Crippen LogP contribution in [0.2, 0.25) is 0 Å². The van der Waals surface area contributed by atoms with Crippen molar-refractivity contribution < 1.29 is 38.1 Å². The summed E-state index contributed by atoms with van der Waals surface area (Å²) < 4.78 is 28.9. The van der Waals surface area contributed by atoms with Gasteiger partial charge in [-0.1, -0.05) is 0 Å². The molecule has 5 atom stereocenters. The second kappa shape index (κ2) is 12.6. The van der Waals surface area contributed by atoms with Gasteiger partial charge in [-0.2, -0.15) is 11.8 Å². The number of H-pyrrole nitrogens is 1. The number of aromatic amines is 1. The van der Waals surface area contributed by atoms with Crippen molar-refractivity contribution in [3.05, 3.63) is 18.1 Å². The number of amides is 2. The van der Waals surface area contributed by atoms with Crippen molar-refractivity contribution in [2.45, 2.75) is 109 Å². The van der Waals surface area contributed by atoms with Crippen LogP contribution in [0.5, 0.6) is 0 Å². The SMILES string of the molecule is COC(=O)C(CCSCC1C2OC(C)(C)OC2C(c2c[nH]c3c(N)ncnc23)N1C(=O)OC(C)(C)C)NC(=O)OC(C)(C)C. The van der Waals surface area contributed by atoms with E-state index in [4.69, 9.17) is 29.4 Å². The maximum absolute atomic E-state index is 13.9. The molecule has 0 bridgehead atoms. The standard InChI is InChI=1S/C29H44N6O8S/c1-27(2,3)42-25(37)34-16(24(36)39-9)10-11-44-13-17-21-22(41-29(7,8)40-21)20(35(17)26(38)43-28(4,5)6)15-12-31-19-18(15)32-14-33-23(19)30/h12,14,16-17,20-22,31H,10-11,13H2,1-9H3,(H,34,37)(H2,30,32,33). The van der Waals surface area contributed by atoms with E-state index in [0.29, 0.717) is 28.1 Å². The minimum atomic E-state index is -0.908. The molecule has 2 aliphatic rings. The molecule has 2 aliphatic heterocycles. The third kappa shape index (κ3) is 7.67. The van der Waals surface area contributed by atoms with Gasteiger partial charge in [0.15, 0.2) is 11.6 Å². The smallest absolute Gasteiger partial charge is 0.411 e. The largest absolute Gasteiger partial charge is 0.467 e. The molecule has 4 N–H and O–H groups in total. The molecule has 14 nitrogen and oxygen atoms in total. The Morgan fingerprint density at radius 3 is 2.41 bits per heavy atom. The monoisotopic (exact) mass is 636 g/mol. The highest BCUT2D eigenvalue weighted by Gasteiger charge is 2.60. The Bertz CT molecular complexity index is 1370. The van der Waals surface area contributed by atoms with Gasteiger partial charge in [0.2, 0.25) is 0 Å². The molecule has 0 aromatic carbocycles. The minimum Gasteiger partial charge on any atom is -0.467 e. The summed E-state index contributed by atoms with van der Waals surface area (Å²) in [6, 6.07) is -1.98. The highest BCUT2D eigenvalue weighted by atomic mass is 32.2. The average Bonchev–Trinajstić information content (AvgIpc) is 3.53. The van der Waals surface area contributed by atoms with Crippen LogP contribution in [-0.4, -0.2) is 97.9 Å². The number of aromatic nitrogens is 3. The number of anilines is 1. The third-order valence-corrected chi connectivity index (χ3v) is 8.07. The second-order valence-electron chi connectivity index (χ2n) is 13.3. The maximum Gasteiger partial charge on any atom is 0.411 e. The first-order valence-corrected chi connectivity index (χ1v) is 15.7. The van der Waals surface area contributed by atoms with Crippen LogP contribution >= 0.6 is 11.8 Å². The molecule has 2 fully saturated rings.